The van der Waals surface area contributed by atoms with Crippen molar-refractivity contribution in [1.82, 2.24) is 0 Å². The molecule has 0 N–H and O–H groups in total. The van der Waals surface area contributed by atoms with Crippen molar-refractivity contribution in [3.63, 3.8) is 0 Å². The second kappa shape index (κ2) is 9.90. The molecule has 0 aromatic heterocycles. The lowest BCUT2D eigenvalue weighted by Crippen LogP contribution is -2.60. The highest BCUT2D eigenvalue weighted by Gasteiger charge is 2.49. The van der Waals surface area contributed by atoms with Gasteiger partial charge in [0.05, 0.1) is 0 Å². The highest BCUT2D eigenvalue weighted by molar-refractivity contribution is 7.03. The van der Waals surface area contributed by atoms with E-state index >= 15 is 0 Å². The van der Waals surface area contributed by atoms with Crippen molar-refractivity contribution >= 4 is 80.3 Å². The third-order valence-electron chi connectivity index (χ3n) is 11.4. The average Bonchev–Trinajstić information content (AvgIpc) is 3.67. The molecule has 228 valence electrons. The van der Waals surface area contributed by atoms with Gasteiger partial charge in [0.15, 0.2) is 0 Å². The fourth-order valence-corrected chi connectivity index (χ4v) is 9.70. The van der Waals surface area contributed by atoms with Gasteiger partial charge in [-0.1, -0.05) is 134 Å². The number of nitrogens with zero attached hydrogens (tertiary/aromatic N) is 2. The summed E-state index contributed by atoms with van der Waals surface area (Å²) in [5.41, 5.74) is 23.0. The molecule has 0 saturated carbocycles. The zero-order chi connectivity index (χ0) is 32.4. The average molecular weight is 622 g/mol. The lowest BCUT2D eigenvalue weighted by Gasteiger charge is -2.43. The Morgan fingerprint density at radius 2 is 0.898 bits per heavy atom. The Labute approximate surface area is 288 Å². The molecule has 49 heavy (non-hydrogen) atoms. The van der Waals surface area contributed by atoms with Gasteiger partial charge in [0.25, 0.3) is 0 Å². The fourth-order valence-electron chi connectivity index (χ4n) is 9.70. The first-order valence-electron chi connectivity index (χ1n) is 17.6. The van der Waals surface area contributed by atoms with Crippen molar-refractivity contribution in [2.45, 2.75) is 19.8 Å². The summed E-state index contributed by atoms with van der Waals surface area (Å²) in [7, 11) is 0. The summed E-state index contributed by atoms with van der Waals surface area (Å²) in [6.45, 7) is 5.12. The first-order chi connectivity index (χ1) is 24.2. The summed E-state index contributed by atoms with van der Waals surface area (Å²) in [5.74, 6) is 0.274. The Kier molecular flexibility index (Phi) is 5.51. The molecule has 11 rings (SSSR count). The molecule has 0 radical (unpaired) electrons. The van der Waals surface area contributed by atoms with Crippen molar-refractivity contribution in [2.75, 3.05) is 9.80 Å². The fraction of sp³-hybridized carbons (Fsp3) is 0.0667. The van der Waals surface area contributed by atoms with Crippen molar-refractivity contribution in [3.8, 4) is 22.3 Å². The van der Waals surface area contributed by atoms with E-state index in [0.29, 0.717) is 0 Å². The normalized spacial score (nSPS) is 13.9. The van der Waals surface area contributed by atoms with Gasteiger partial charge in [0.2, 0.25) is 13.4 Å². The minimum absolute atomic E-state index is 0.154. The standard InChI is InChI=1S/C45H32B2N2/c1-28(2)41-44-40(48(29-15-5-3-6-16-29)38-25-13-22-34-32-20-10-12-24-36(32)47(44)43(34)38)27-37-45(41)49(30-17-7-4-8-18-30)39-26-14-21-33-31-19-9-11-23-35(31)46(37)42(33)39/h3-28H,1-2H3. The number of benzene rings is 7. The minimum atomic E-state index is 0.154. The van der Waals surface area contributed by atoms with Gasteiger partial charge in [-0.3, -0.25) is 0 Å². The van der Waals surface area contributed by atoms with Gasteiger partial charge >= 0.3 is 0 Å². The van der Waals surface area contributed by atoms with Crippen LogP contribution in [0.5, 0.6) is 0 Å². The number of anilines is 6. The summed E-state index contributed by atoms with van der Waals surface area (Å²) in [5, 5.41) is 0. The van der Waals surface area contributed by atoms with Crippen LogP contribution in [0.4, 0.5) is 34.1 Å². The van der Waals surface area contributed by atoms with E-state index in [4.69, 9.17) is 0 Å². The third-order valence-corrected chi connectivity index (χ3v) is 11.4. The number of fused-ring (bicyclic) bond motifs is 10. The maximum absolute atomic E-state index is 2.60. The molecule has 0 saturated heterocycles. The van der Waals surface area contributed by atoms with Gasteiger partial charge in [0, 0.05) is 34.1 Å². The van der Waals surface area contributed by atoms with Crippen LogP contribution in [0.1, 0.15) is 25.3 Å². The first-order valence-corrected chi connectivity index (χ1v) is 17.6. The first kappa shape index (κ1) is 27.2. The van der Waals surface area contributed by atoms with Crippen LogP contribution in [0, 0.1) is 0 Å². The van der Waals surface area contributed by atoms with E-state index in [1.54, 1.807) is 0 Å². The summed E-state index contributed by atoms with van der Waals surface area (Å²) in [6, 6.07) is 56.8. The van der Waals surface area contributed by atoms with Gasteiger partial charge in [-0.15, -0.1) is 0 Å². The van der Waals surface area contributed by atoms with Crippen LogP contribution in [-0.2, 0) is 0 Å². The SMILES string of the molecule is CC(C)c1c2c(cc3c1N(c1ccccc1)c1cccc4c1B3c1ccccc1-4)N(c1ccccc1)c1cccc3c1B2c1ccccc1-3. The molecule has 0 atom stereocenters. The maximum atomic E-state index is 2.60. The van der Waals surface area contributed by atoms with Crippen molar-refractivity contribution in [1.29, 1.82) is 0 Å². The van der Waals surface area contributed by atoms with Gasteiger partial charge in [-0.2, -0.15) is 0 Å². The molecule has 0 unspecified atom stereocenters. The van der Waals surface area contributed by atoms with E-state index in [-0.39, 0.29) is 19.3 Å². The molecule has 7 aromatic rings. The molecule has 0 spiro atoms. The smallest absolute Gasteiger partial charge is 0.248 e. The predicted octanol–water partition coefficient (Wildman–Crippen LogP) is 7.37. The summed E-state index contributed by atoms with van der Waals surface area (Å²) >= 11 is 0. The van der Waals surface area contributed by atoms with E-state index in [1.807, 2.05) is 0 Å². The highest BCUT2D eigenvalue weighted by Crippen LogP contribution is 2.47. The second-order valence-electron chi connectivity index (χ2n) is 14.2. The topological polar surface area (TPSA) is 6.48 Å². The lowest BCUT2D eigenvalue weighted by molar-refractivity contribution is 0.871. The molecule has 0 aliphatic carbocycles. The zero-order valence-electron chi connectivity index (χ0n) is 27.6. The quantitative estimate of drug-likeness (QED) is 0.190. The molecule has 0 amide bonds. The van der Waals surface area contributed by atoms with Crippen LogP contribution in [0.25, 0.3) is 22.3 Å². The Balaban J connectivity index is 1.33. The Hall–Kier alpha value is -5.73. The van der Waals surface area contributed by atoms with E-state index in [0.717, 1.165) is 0 Å². The number of rotatable bonds is 3. The molecular weight excluding hydrogens is 590 g/mol. The predicted molar refractivity (Wildman–Crippen MR) is 210 cm³/mol. The van der Waals surface area contributed by atoms with E-state index < -0.39 is 0 Å². The highest BCUT2D eigenvalue weighted by atomic mass is 15.2. The monoisotopic (exact) mass is 622 g/mol. The Morgan fingerprint density at radius 3 is 1.51 bits per heavy atom. The molecule has 7 aromatic carbocycles. The largest absolute Gasteiger partial charge is 0.312 e. The molecule has 4 aliphatic heterocycles. The molecule has 2 nitrogen and oxygen atoms in total. The van der Waals surface area contributed by atoms with Crippen molar-refractivity contribution in [2.24, 2.45) is 0 Å². The lowest BCUT2D eigenvalue weighted by atomic mass is 9.33. The Morgan fingerprint density at radius 1 is 0.408 bits per heavy atom. The van der Waals surface area contributed by atoms with Gasteiger partial charge < -0.3 is 9.80 Å². The summed E-state index contributed by atoms with van der Waals surface area (Å²) in [4.78, 5) is 5.17. The molecule has 0 bridgehead atoms. The van der Waals surface area contributed by atoms with Gasteiger partial charge in [0.1, 0.15) is 0 Å². The number of hydrogen-bond acceptors (Lipinski definition) is 2. The molecule has 4 aliphatic rings. The number of para-hydroxylation sites is 2. The van der Waals surface area contributed by atoms with E-state index in [1.165, 1.54) is 94.7 Å². The third kappa shape index (κ3) is 3.48. The van der Waals surface area contributed by atoms with Crippen molar-refractivity contribution in [3.05, 3.63) is 157 Å². The number of hydrogen-bond donors (Lipinski definition) is 0. The zero-order valence-corrected chi connectivity index (χ0v) is 27.6. The summed E-state index contributed by atoms with van der Waals surface area (Å²) < 4.78 is 0. The van der Waals surface area contributed by atoms with Crippen LogP contribution >= 0.6 is 0 Å². The van der Waals surface area contributed by atoms with Crippen LogP contribution < -0.4 is 42.6 Å². The molecular formula is C45H32B2N2. The summed E-state index contributed by atoms with van der Waals surface area (Å²) in [6.07, 6.45) is 0. The van der Waals surface area contributed by atoms with Gasteiger partial charge in [-0.25, -0.2) is 0 Å². The minimum Gasteiger partial charge on any atom is -0.312 e. The Bertz CT molecular complexity index is 2490. The molecule has 0 fully saturated rings. The van der Waals surface area contributed by atoms with Crippen LogP contribution in [0.15, 0.2) is 152 Å². The second-order valence-corrected chi connectivity index (χ2v) is 14.2. The van der Waals surface area contributed by atoms with E-state index in [9.17, 15) is 0 Å². The molecule has 4 heteroatoms. The van der Waals surface area contributed by atoms with Crippen LogP contribution in [-0.4, -0.2) is 13.4 Å². The van der Waals surface area contributed by atoms with E-state index in [2.05, 4.69) is 175 Å². The van der Waals surface area contributed by atoms with Gasteiger partial charge in [-0.05, 0) is 98.1 Å². The van der Waals surface area contributed by atoms with Crippen molar-refractivity contribution < 1.29 is 0 Å². The maximum Gasteiger partial charge on any atom is 0.248 e. The molecule has 4 heterocycles. The van der Waals surface area contributed by atoms with Crippen LogP contribution in [0.3, 0.4) is 0 Å². The van der Waals surface area contributed by atoms with Crippen LogP contribution in [0.2, 0.25) is 0 Å².